The molecule has 0 spiro atoms. The number of ether oxygens (including phenoxy) is 2. The molecule has 4 nitrogen and oxygen atoms in total. The smallest absolute Gasteiger partial charge is 0.129 e. The summed E-state index contributed by atoms with van der Waals surface area (Å²) in [6.07, 6.45) is 0. The third kappa shape index (κ3) is 3.05. The third-order valence-electron chi connectivity index (χ3n) is 5.65. The normalized spacial score (nSPS) is 18.2. The summed E-state index contributed by atoms with van der Waals surface area (Å²) < 4.78 is 11.5. The summed E-state index contributed by atoms with van der Waals surface area (Å²) in [5.74, 6) is 2.26. The monoisotopic (exact) mass is 376 g/mol. The molecule has 0 amide bonds. The van der Waals surface area contributed by atoms with E-state index in [-0.39, 0.29) is 23.3 Å². The van der Waals surface area contributed by atoms with Crippen molar-refractivity contribution in [3.8, 4) is 23.0 Å². The predicted molar refractivity (Wildman–Crippen MR) is 109 cm³/mol. The maximum absolute atomic E-state index is 10.1. The number of methoxy groups -OCH3 is 1. The van der Waals surface area contributed by atoms with Crippen molar-refractivity contribution < 1.29 is 19.7 Å². The molecule has 0 fully saturated rings. The van der Waals surface area contributed by atoms with Crippen LogP contribution in [-0.2, 0) is 0 Å². The molecule has 1 heterocycles. The third-order valence-corrected chi connectivity index (χ3v) is 5.65. The molecule has 2 atom stereocenters. The van der Waals surface area contributed by atoms with E-state index in [0.717, 1.165) is 33.8 Å². The van der Waals surface area contributed by atoms with Crippen LogP contribution in [0.15, 0.2) is 54.6 Å². The van der Waals surface area contributed by atoms with Gasteiger partial charge in [0, 0.05) is 23.0 Å². The van der Waals surface area contributed by atoms with Gasteiger partial charge in [-0.2, -0.15) is 0 Å². The number of fused-ring (bicyclic) bond motifs is 1. The highest BCUT2D eigenvalue weighted by Gasteiger charge is 2.35. The summed E-state index contributed by atoms with van der Waals surface area (Å²) in [6.45, 7) is 4.42. The molecular weight excluding hydrogens is 352 g/mol. The molecule has 4 heteroatoms. The number of rotatable bonds is 3. The first-order valence-corrected chi connectivity index (χ1v) is 9.38. The van der Waals surface area contributed by atoms with Gasteiger partial charge in [0.2, 0.25) is 0 Å². The van der Waals surface area contributed by atoms with Gasteiger partial charge >= 0.3 is 0 Å². The van der Waals surface area contributed by atoms with Gasteiger partial charge in [-0.1, -0.05) is 30.3 Å². The van der Waals surface area contributed by atoms with E-state index in [0.29, 0.717) is 6.61 Å². The van der Waals surface area contributed by atoms with Crippen LogP contribution in [0.4, 0.5) is 0 Å². The van der Waals surface area contributed by atoms with Crippen molar-refractivity contribution >= 4 is 0 Å². The van der Waals surface area contributed by atoms with Crippen LogP contribution in [-0.4, -0.2) is 23.9 Å². The van der Waals surface area contributed by atoms with Gasteiger partial charge in [-0.15, -0.1) is 0 Å². The summed E-state index contributed by atoms with van der Waals surface area (Å²) >= 11 is 0. The Kier molecular flexibility index (Phi) is 4.63. The molecule has 28 heavy (non-hydrogen) atoms. The van der Waals surface area contributed by atoms with Crippen molar-refractivity contribution in [2.45, 2.75) is 25.7 Å². The Bertz CT molecular complexity index is 1010. The molecule has 144 valence electrons. The summed E-state index contributed by atoms with van der Waals surface area (Å²) in [7, 11) is 1.68. The predicted octanol–water partition coefficient (Wildman–Crippen LogP) is 5.03. The van der Waals surface area contributed by atoms with Crippen LogP contribution < -0.4 is 9.47 Å². The summed E-state index contributed by atoms with van der Waals surface area (Å²) in [5.41, 5.74) is 5.17. The van der Waals surface area contributed by atoms with Crippen molar-refractivity contribution in [3.63, 3.8) is 0 Å². The first-order valence-electron chi connectivity index (χ1n) is 9.38. The average molecular weight is 376 g/mol. The van der Waals surface area contributed by atoms with Crippen molar-refractivity contribution in [2.24, 2.45) is 0 Å². The Balaban J connectivity index is 1.88. The second-order valence-corrected chi connectivity index (χ2v) is 7.34. The van der Waals surface area contributed by atoms with Gasteiger partial charge in [0.05, 0.1) is 13.7 Å². The number of benzene rings is 3. The molecule has 2 N–H and O–H groups in total. The zero-order valence-electron chi connectivity index (χ0n) is 16.3. The number of phenolic OH excluding ortho intramolecular Hbond substituents is 2. The van der Waals surface area contributed by atoms with Crippen LogP contribution in [0.25, 0.3) is 0 Å². The Labute approximate surface area is 165 Å². The second kappa shape index (κ2) is 7.12. The van der Waals surface area contributed by atoms with Crippen LogP contribution in [0.2, 0.25) is 0 Å². The quantitative estimate of drug-likeness (QED) is 0.673. The number of aromatic hydroxyl groups is 2. The lowest BCUT2D eigenvalue weighted by Gasteiger charge is -2.35. The summed E-state index contributed by atoms with van der Waals surface area (Å²) in [6, 6.07) is 17.3. The minimum absolute atomic E-state index is 0.0669. The highest BCUT2D eigenvalue weighted by atomic mass is 16.5. The van der Waals surface area contributed by atoms with E-state index < -0.39 is 0 Å². The van der Waals surface area contributed by atoms with E-state index in [1.54, 1.807) is 25.3 Å². The lowest BCUT2D eigenvalue weighted by Crippen LogP contribution is -2.26. The Morgan fingerprint density at radius 1 is 0.929 bits per heavy atom. The van der Waals surface area contributed by atoms with Crippen LogP contribution in [0.5, 0.6) is 23.0 Å². The first-order chi connectivity index (χ1) is 13.5. The van der Waals surface area contributed by atoms with E-state index in [1.165, 1.54) is 5.56 Å². The molecule has 0 radical (unpaired) electrons. The molecule has 1 aliphatic rings. The molecule has 1 aliphatic heterocycles. The highest BCUT2D eigenvalue weighted by molar-refractivity contribution is 5.56. The Hall–Kier alpha value is -3.14. The fourth-order valence-electron chi connectivity index (χ4n) is 4.14. The van der Waals surface area contributed by atoms with Gasteiger partial charge in [-0.05, 0) is 54.8 Å². The van der Waals surface area contributed by atoms with Gasteiger partial charge in [0.25, 0.3) is 0 Å². The zero-order valence-corrected chi connectivity index (χ0v) is 16.3. The SMILES string of the molecule is COc1ccc([C@H]2c3ccc(O)c(C)c3OC[C@H]2c2ccc(O)cc2)cc1C. The topological polar surface area (TPSA) is 58.9 Å². The number of phenols is 2. The first kappa shape index (κ1) is 18.2. The minimum Gasteiger partial charge on any atom is -0.508 e. The molecule has 4 rings (SSSR count). The molecule has 0 bridgehead atoms. The van der Waals surface area contributed by atoms with Crippen LogP contribution in [0, 0.1) is 13.8 Å². The van der Waals surface area contributed by atoms with E-state index in [9.17, 15) is 10.2 Å². The number of aryl methyl sites for hydroxylation is 1. The molecular formula is C24H24O4. The van der Waals surface area contributed by atoms with Gasteiger partial charge in [0.1, 0.15) is 23.0 Å². The Morgan fingerprint density at radius 3 is 2.32 bits per heavy atom. The summed E-state index contributed by atoms with van der Waals surface area (Å²) in [5, 5.41) is 19.8. The largest absolute Gasteiger partial charge is 0.508 e. The molecule has 0 aliphatic carbocycles. The molecule has 0 aromatic heterocycles. The van der Waals surface area contributed by atoms with Gasteiger partial charge in [-0.25, -0.2) is 0 Å². The molecule has 3 aromatic rings. The van der Waals surface area contributed by atoms with Crippen LogP contribution in [0.1, 0.15) is 39.7 Å². The number of hydrogen-bond acceptors (Lipinski definition) is 4. The highest BCUT2D eigenvalue weighted by Crippen LogP contribution is 2.49. The van der Waals surface area contributed by atoms with E-state index >= 15 is 0 Å². The molecule has 0 saturated heterocycles. The van der Waals surface area contributed by atoms with Crippen molar-refractivity contribution in [1.29, 1.82) is 0 Å². The average Bonchev–Trinajstić information content (AvgIpc) is 2.70. The lowest BCUT2D eigenvalue weighted by molar-refractivity contribution is 0.245. The van der Waals surface area contributed by atoms with Gasteiger partial charge in [-0.3, -0.25) is 0 Å². The second-order valence-electron chi connectivity index (χ2n) is 7.34. The van der Waals surface area contributed by atoms with E-state index in [2.05, 4.69) is 12.1 Å². The maximum atomic E-state index is 10.1. The van der Waals surface area contributed by atoms with Crippen LogP contribution in [0.3, 0.4) is 0 Å². The van der Waals surface area contributed by atoms with Crippen molar-refractivity contribution in [1.82, 2.24) is 0 Å². The Morgan fingerprint density at radius 2 is 1.64 bits per heavy atom. The number of hydrogen-bond donors (Lipinski definition) is 2. The van der Waals surface area contributed by atoms with Crippen molar-refractivity contribution in [2.75, 3.05) is 13.7 Å². The van der Waals surface area contributed by atoms with Gasteiger partial charge in [0.15, 0.2) is 0 Å². The lowest BCUT2D eigenvalue weighted by atomic mass is 9.75. The maximum Gasteiger partial charge on any atom is 0.129 e. The van der Waals surface area contributed by atoms with E-state index in [1.807, 2.05) is 38.1 Å². The van der Waals surface area contributed by atoms with Crippen LogP contribution >= 0.6 is 0 Å². The van der Waals surface area contributed by atoms with Crippen molar-refractivity contribution in [3.05, 3.63) is 82.4 Å². The van der Waals surface area contributed by atoms with Gasteiger partial charge < -0.3 is 19.7 Å². The fraction of sp³-hybridized carbons (Fsp3) is 0.250. The molecule has 0 unspecified atom stereocenters. The fourth-order valence-corrected chi connectivity index (χ4v) is 4.14. The standard InChI is InChI=1S/C24H24O4/c1-14-12-17(6-11-22(14)27-3)23-19-9-10-21(26)15(2)24(19)28-13-20(23)16-4-7-18(25)8-5-16/h4-12,20,23,25-26H,13H2,1-3H3/t20-,23-/m0/s1. The summed E-state index contributed by atoms with van der Waals surface area (Å²) in [4.78, 5) is 0. The molecule has 0 saturated carbocycles. The minimum atomic E-state index is 0.0669. The van der Waals surface area contributed by atoms with E-state index in [4.69, 9.17) is 9.47 Å². The molecule has 3 aromatic carbocycles. The zero-order chi connectivity index (χ0) is 19.8.